The number of fused-ring (bicyclic) bond motifs is 1. The number of rotatable bonds is 5. The van der Waals surface area contributed by atoms with Crippen molar-refractivity contribution in [1.82, 2.24) is 0 Å². The van der Waals surface area contributed by atoms with Crippen LogP contribution in [0.3, 0.4) is 0 Å². The van der Waals surface area contributed by atoms with Gasteiger partial charge in [0.05, 0.1) is 11.9 Å². The molecule has 3 rings (SSSR count). The highest BCUT2D eigenvalue weighted by atomic mass is 16.2. The second-order valence-corrected chi connectivity index (χ2v) is 5.72. The highest BCUT2D eigenvalue weighted by Crippen LogP contribution is 2.28. The maximum absolute atomic E-state index is 12.6. The molecule has 0 spiro atoms. The zero-order valence-corrected chi connectivity index (χ0v) is 14.3. The first kappa shape index (κ1) is 17.3. The van der Waals surface area contributed by atoms with Crippen molar-refractivity contribution in [3.63, 3.8) is 0 Å². The van der Waals surface area contributed by atoms with Crippen LogP contribution in [0.4, 0.5) is 11.4 Å². The van der Waals surface area contributed by atoms with Crippen molar-refractivity contribution in [2.45, 2.75) is 6.92 Å². The van der Waals surface area contributed by atoms with Gasteiger partial charge in [0.1, 0.15) is 0 Å². The fourth-order valence-corrected chi connectivity index (χ4v) is 2.68. The molecule has 0 unspecified atom stereocenters. The minimum atomic E-state index is -0.191. The molecule has 26 heavy (non-hydrogen) atoms. The molecule has 130 valence electrons. The molecule has 0 radical (unpaired) electrons. The predicted octanol–water partition coefficient (Wildman–Crippen LogP) is 3.00. The van der Waals surface area contributed by atoms with Gasteiger partial charge in [-0.3, -0.25) is 9.59 Å². The molecule has 1 heterocycles. The van der Waals surface area contributed by atoms with Crippen LogP contribution in [0.1, 0.15) is 18.1 Å². The molecule has 2 amide bonds. The highest BCUT2D eigenvalue weighted by molar-refractivity contribution is 6.54. The number of nitrogens with zero attached hydrogens (tertiary/aromatic N) is 3. The number of hydrogen-bond acceptors (Lipinski definition) is 4. The number of benzene rings is 2. The summed E-state index contributed by atoms with van der Waals surface area (Å²) in [6, 6.07) is 14.6. The van der Waals surface area contributed by atoms with Gasteiger partial charge < -0.3 is 10.2 Å². The fourth-order valence-electron chi connectivity index (χ4n) is 2.68. The van der Waals surface area contributed by atoms with Crippen LogP contribution < -0.4 is 10.2 Å². The number of amides is 2. The lowest BCUT2D eigenvalue weighted by atomic mass is 10.1. The monoisotopic (exact) mass is 346 g/mol. The van der Waals surface area contributed by atoms with Crippen LogP contribution in [0.15, 0.2) is 71.4 Å². The van der Waals surface area contributed by atoms with Gasteiger partial charge in [0, 0.05) is 24.7 Å². The van der Waals surface area contributed by atoms with E-state index >= 15 is 0 Å². The fraction of sp³-hybridized carbons (Fsp3) is 0.100. The largest absolute Gasteiger partial charge is 0.326 e. The first-order valence-electron chi connectivity index (χ1n) is 8.11. The second kappa shape index (κ2) is 7.57. The Morgan fingerprint density at radius 1 is 1.19 bits per heavy atom. The summed E-state index contributed by atoms with van der Waals surface area (Å²) < 4.78 is 0. The Morgan fingerprint density at radius 3 is 2.62 bits per heavy atom. The van der Waals surface area contributed by atoms with E-state index in [0.717, 1.165) is 16.8 Å². The van der Waals surface area contributed by atoms with Crippen molar-refractivity contribution in [1.29, 1.82) is 0 Å². The maximum atomic E-state index is 12.6. The normalized spacial score (nSPS) is 14.7. The Balaban J connectivity index is 1.81. The quantitative estimate of drug-likeness (QED) is 0.513. The minimum absolute atomic E-state index is 0.125. The molecular formula is C20H18N4O2. The van der Waals surface area contributed by atoms with Gasteiger partial charge in [-0.1, -0.05) is 36.4 Å². The van der Waals surface area contributed by atoms with Crippen LogP contribution in [-0.4, -0.2) is 30.3 Å². The molecule has 0 saturated heterocycles. The van der Waals surface area contributed by atoms with E-state index < -0.39 is 0 Å². The molecule has 0 aliphatic carbocycles. The topological polar surface area (TPSA) is 74.1 Å². The summed E-state index contributed by atoms with van der Waals surface area (Å²) >= 11 is 0. The summed E-state index contributed by atoms with van der Waals surface area (Å²) in [4.78, 5) is 25.2. The van der Waals surface area contributed by atoms with Crippen molar-refractivity contribution in [2.75, 3.05) is 16.8 Å². The first-order valence-corrected chi connectivity index (χ1v) is 8.11. The molecular weight excluding hydrogens is 328 g/mol. The van der Waals surface area contributed by atoms with Crippen molar-refractivity contribution in [2.24, 2.45) is 10.2 Å². The summed E-state index contributed by atoms with van der Waals surface area (Å²) in [6.07, 6.45) is 3.24. The van der Waals surface area contributed by atoms with Gasteiger partial charge in [0.2, 0.25) is 5.91 Å². The zero-order valence-electron chi connectivity index (χ0n) is 14.3. The lowest BCUT2D eigenvalue weighted by Crippen LogP contribution is -2.30. The van der Waals surface area contributed by atoms with Gasteiger partial charge in [-0.15, -0.1) is 11.7 Å². The molecule has 0 aromatic heterocycles. The standard InChI is InChI=1S/C20H18N4O2/c1-3-12-24-18-7-5-4-6-17(18)19(20(24)26)23-21-13-15-8-10-16(11-9-15)22-14(2)25/h3-11,13H,1,12H2,2H3,(H,22,25)/b21-13+,23-19+. The smallest absolute Gasteiger partial charge is 0.279 e. The molecule has 0 atom stereocenters. The molecule has 6 heteroatoms. The lowest BCUT2D eigenvalue weighted by Gasteiger charge is -2.13. The predicted molar refractivity (Wildman–Crippen MR) is 104 cm³/mol. The Bertz CT molecular complexity index is 914. The maximum Gasteiger partial charge on any atom is 0.279 e. The van der Waals surface area contributed by atoms with Crippen molar-refractivity contribution < 1.29 is 9.59 Å². The van der Waals surface area contributed by atoms with E-state index in [1.165, 1.54) is 6.92 Å². The second-order valence-electron chi connectivity index (χ2n) is 5.72. The molecule has 0 saturated carbocycles. The van der Waals surface area contributed by atoms with Gasteiger partial charge >= 0.3 is 0 Å². The van der Waals surface area contributed by atoms with Crippen LogP contribution >= 0.6 is 0 Å². The number of hydrogen-bond donors (Lipinski definition) is 1. The van der Waals surface area contributed by atoms with E-state index in [2.05, 4.69) is 22.1 Å². The molecule has 6 nitrogen and oxygen atoms in total. The van der Waals surface area contributed by atoms with E-state index in [0.29, 0.717) is 17.9 Å². The lowest BCUT2D eigenvalue weighted by molar-refractivity contribution is -0.114. The van der Waals surface area contributed by atoms with E-state index in [4.69, 9.17) is 0 Å². The van der Waals surface area contributed by atoms with Gasteiger partial charge in [-0.05, 0) is 23.8 Å². The van der Waals surface area contributed by atoms with Crippen molar-refractivity contribution in [3.05, 3.63) is 72.3 Å². The summed E-state index contributed by atoms with van der Waals surface area (Å²) in [5.41, 5.74) is 3.41. The van der Waals surface area contributed by atoms with E-state index in [1.54, 1.807) is 29.3 Å². The molecule has 1 aliphatic heterocycles. The van der Waals surface area contributed by atoms with Gasteiger partial charge in [0.25, 0.3) is 5.91 Å². The van der Waals surface area contributed by atoms with Crippen molar-refractivity contribution in [3.8, 4) is 0 Å². The summed E-state index contributed by atoms with van der Waals surface area (Å²) in [7, 11) is 0. The molecule has 1 N–H and O–H groups in total. The summed E-state index contributed by atoms with van der Waals surface area (Å²) in [5.74, 6) is -0.315. The molecule has 1 aliphatic rings. The number of para-hydroxylation sites is 1. The van der Waals surface area contributed by atoms with Crippen LogP contribution in [0.2, 0.25) is 0 Å². The third-order valence-electron chi connectivity index (χ3n) is 3.80. The summed E-state index contributed by atoms with van der Waals surface area (Å²) in [5, 5.41) is 10.9. The van der Waals surface area contributed by atoms with Gasteiger partial charge in [0.15, 0.2) is 5.71 Å². The van der Waals surface area contributed by atoms with Crippen LogP contribution in [0.25, 0.3) is 0 Å². The molecule has 0 bridgehead atoms. The number of nitrogens with one attached hydrogen (secondary N) is 1. The molecule has 2 aromatic rings. The molecule has 0 fully saturated rings. The van der Waals surface area contributed by atoms with E-state index in [9.17, 15) is 9.59 Å². The van der Waals surface area contributed by atoms with Crippen molar-refractivity contribution >= 4 is 35.1 Å². The average molecular weight is 346 g/mol. The average Bonchev–Trinajstić information content (AvgIpc) is 2.89. The number of carbonyl (C=O) groups is 2. The minimum Gasteiger partial charge on any atom is -0.326 e. The zero-order chi connectivity index (χ0) is 18.5. The molecule has 2 aromatic carbocycles. The Hall–Kier alpha value is -3.54. The van der Waals surface area contributed by atoms with Crippen LogP contribution in [-0.2, 0) is 9.59 Å². The number of carbonyl (C=O) groups excluding carboxylic acids is 2. The summed E-state index contributed by atoms with van der Waals surface area (Å²) in [6.45, 7) is 5.57. The third-order valence-corrected chi connectivity index (χ3v) is 3.80. The van der Waals surface area contributed by atoms with Gasteiger partial charge in [-0.25, -0.2) is 0 Å². The van der Waals surface area contributed by atoms with Crippen LogP contribution in [0, 0.1) is 0 Å². The van der Waals surface area contributed by atoms with E-state index in [-0.39, 0.29) is 11.8 Å². The first-order chi connectivity index (χ1) is 12.6. The number of anilines is 2. The highest BCUT2D eigenvalue weighted by Gasteiger charge is 2.32. The van der Waals surface area contributed by atoms with E-state index in [1.807, 2.05) is 36.4 Å². The van der Waals surface area contributed by atoms with Gasteiger partial charge in [-0.2, -0.15) is 5.10 Å². The Labute approximate surface area is 151 Å². The van der Waals surface area contributed by atoms with Crippen LogP contribution in [0.5, 0.6) is 0 Å². The third kappa shape index (κ3) is 3.59. The Kier molecular flexibility index (Phi) is 5.03. The SMILES string of the molecule is C=CCN1C(=O)/C(=N/N=C/c2ccc(NC(C)=O)cc2)c2ccccc21. The Morgan fingerprint density at radius 2 is 1.92 bits per heavy atom.